The van der Waals surface area contributed by atoms with E-state index in [1.807, 2.05) is 0 Å². The minimum atomic E-state index is -0.856. The van der Waals surface area contributed by atoms with E-state index < -0.39 is 28.9 Å². The molecule has 0 aromatic heterocycles. The number of nitrogens with one attached hydrogen (secondary N) is 1. The van der Waals surface area contributed by atoms with Gasteiger partial charge in [-0.2, -0.15) is 0 Å². The van der Waals surface area contributed by atoms with Crippen LogP contribution in [0.1, 0.15) is 10.4 Å². The number of hydrogen-bond donors (Lipinski definition) is 2. The fourth-order valence-electron chi connectivity index (χ4n) is 1.51. The van der Waals surface area contributed by atoms with Crippen molar-refractivity contribution in [1.29, 1.82) is 0 Å². The van der Waals surface area contributed by atoms with Crippen molar-refractivity contribution in [1.82, 2.24) is 0 Å². The summed E-state index contributed by atoms with van der Waals surface area (Å²) in [5.41, 5.74) is -0.290. The Kier molecular flexibility index (Phi) is 3.66. The number of phenols is 1. The second-order valence-corrected chi connectivity index (χ2v) is 4.12. The predicted molar refractivity (Wildman–Crippen MR) is 67.4 cm³/mol. The lowest BCUT2D eigenvalue weighted by molar-refractivity contribution is 0.102. The first-order valence-corrected chi connectivity index (χ1v) is 5.60. The van der Waals surface area contributed by atoms with Crippen molar-refractivity contribution in [3.05, 3.63) is 58.6 Å². The van der Waals surface area contributed by atoms with Gasteiger partial charge in [0, 0.05) is 5.69 Å². The number of benzene rings is 2. The van der Waals surface area contributed by atoms with Crippen LogP contribution < -0.4 is 5.32 Å². The molecule has 0 fully saturated rings. The van der Waals surface area contributed by atoms with E-state index in [4.69, 9.17) is 11.6 Å². The highest BCUT2D eigenvalue weighted by Gasteiger charge is 2.16. The molecule has 2 aromatic carbocycles. The summed E-state index contributed by atoms with van der Waals surface area (Å²) in [6, 6.07) is 7.04. The van der Waals surface area contributed by atoms with Gasteiger partial charge in [-0.1, -0.05) is 17.7 Å². The molecule has 3 nitrogen and oxygen atoms in total. The van der Waals surface area contributed by atoms with Gasteiger partial charge in [-0.15, -0.1) is 0 Å². The van der Waals surface area contributed by atoms with Crippen molar-refractivity contribution in [2.24, 2.45) is 0 Å². The molecule has 0 heterocycles. The Labute approximate surface area is 112 Å². The summed E-state index contributed by atoms with van der Waals surface area (Å²) < 4.78 is 26.4. The van der Waals surface area contributed by atoms with Crippen LogP contribution in [-0.4, -0.2) is 11.0 Å². The zero-order valence-corrected chi connectivity index (χ0v) is 10.2. The fraction of sp³-hybridized carbons (Fsp3) is 0. The Bertz CT molecular complexity index is 626. The third kappa shape index (κ3) is 2.82. The van der Waals surface area contributed by atoms with E-state index in [1.54, 1.807) is 0 Å². The molecule has 0 aliphatic rings. The second-order valence-electron chi connectivity index (χ2n) is 3.72. The normalized spacial score (nSPS) is 10.3. The van der Waals surface area contributed by atoms with Crippen molar-refractivity contribution >= 4 is 23.2 Å². The molecule has 0 unspecified atom stereocenters. The third-order valence-corrected chi connectivity index (χ3v) is 2.69. The maximum Gasteiger partial charge on any atom is 0.262 e. The lowest BCUT2D eigenvalue weighted by atomic mass is 10.1. The Hall–Kier alpha value is -2.14. The van der Waals surface area contributed by atoms with Crippen LogP contribution in [0, 0.1) is 11.6 Å². The number of hydrogen-bond acceptors (Lipinski definition) is 2. The number of anilines is 1. The van der Waals surface area contributed by atoms with E-state index in [1.165, 1.54) is 24.3 Å². The summed E-state index contributed by atoms with van der Waals surface area (Å²) in [5, 5.41) is 11.6. The number of halogens is 3. The molecule has 0 saturated carbocycles. The molecule has 98 valence electrons. The van der Waals surface area contributed by atoms with Gasteiger partial charge in [0.2, 0.25) is 0 Å². The van der Waals surface area contributed by atoms with Crippen molar-refractivity contribution in [2.75, 3.05) is 5.32 Å². The zero-order chi connectivity index (χ0) is 14.0. The Balaban J connectivity index is 2.28. The van der Waals surface area contributed by atoms with E-state index >= 15 is 0 Å². The van der Waals surface area contributed by atoms with Gasteiger partial charge >= 0.3 is 0 Å². The van der Waals surface area contributed by atoms with Gasteiger partial charge in [-0.3, -0.25) is 4.79 Å². The van der Waals surface area contributed by atoms with E-state index in [9.17, 15) is 18.7 Å². The molecule has 0 aliphatic carbocycles. The molecule has 6 heteroatoms. The Morgan fingerprint density at radius 1 is 1.16 bits per heavy atom. The van der Waals surface area contributed by atoms with Crippen LogP contribution in [0.4, 0.5) is 14.5 Å². The smallest absolute Gasteiger partial charge is 0.262 e. The van der Waals surface area contributed by atoms with Gasteiger partial charge in [-0.05, 0) is 30.3 Å². The summed E-state index contributed by atoms with van der Waals surface area (Å²) in [4.78, 5) is 11.8. The number of rotatable bonds is 2. The van der Waals surface area contributed by atoms with Crippen LogP contribution in [0.5, 0.6) is 5.75 Å². The molecular weight excluding hydrogens is 276 g/mol. The van der Waals surface area contributed by atoms with Crippen molar-refractivity contribution < 1.29 is 18.7 Å². The van der Waals surface area contributed by atoms with E-state index in [0.717, 1.165) is 12.1 Å². The van der Waals surface area contributed by atoms with E-state index in [2.05, 4.69) is 5.32 Å². The second kappa shape index (κ2) is 5.24. The summed E-state index contributed by atoms with van der Waals surface area (Å²) in [6.07, 6.45) is 0. The van der Waals surface area contributed by atoms with Gasteiger partial charge in [-0.25, -0.2) is 8.78 Å². The maximum absolute atomic E-state index is 13.4. The van der Waals surface area contributed by atoms with Crippen LogP contribution >= 0.6 is 11.6 Å². The van der Waals surface area contributed by atoms with Gasteiger partial charge in [0.15, 0.2) is 0 Å². The maximum atomic E-state index is 13.4. The average Bonchev–Trinajstić information content (AvgIpc) is 2.33. The summed E-state index contributed by atoms with van der Waals surface area (Å²) in [6.45, 7) is 0. The van der Waals surface area contributed by atoms with Crippen LogP contribution in [0.2, 0.25) is 5.02 Å². The van der Waals surface area contributed by atoms with Crippen LogP contribution in [-0.2, 0) is 0 Å². The van der Waals surface area contributed by atoms with Crippen LogP contribution in [0.25, 0.3) is 0 Å². The molecular formula is C13H8ClF2NO2. The Morgan fingerprint density at radius 3 is 2.53 bits per heavy atom. The zero-order valence-electron chi connectivity index (χ0n) is 9.45. The highest BCUT2D eigenvalue weighted by atomic mass is 35.5. The molecule has 19 heavy (non-hydrogen) atoms. The van der Waals surface area contributed by atoms with Crippen molar-refractivity contribution in [2.45, 2.75) is 0 Å². The van der Waals surface area contributed by atoms with Gasteiger partial charge < -0.3 is 10.4 Å². The monoisotopic (exact) mass is 283 g/mol. The molecule has 0 atom stereocenters. The lowest BCUT2D eigenvalue weighted by Crippen LogP contribution is -2.14. The number of carbonyl (C=O) groups is 1. The largest absolute Gasteiger partial charge is 0.507 e. The first-order valence-electron chi connectivity index (χ1n) is 5.23. The van der Waals surface area contributed by atoms with E-state index in [0.29, 0.717) is 0 Å². The van der Waals surface area contributed by atoms with Gasteiger partial charge in [0.25, 0.3) is 5.91 Å². The Morgan fingerprint density at radius 2 is 1.89 bits per heavy atom. The average molecular weight is 284 g/mol. The molecule has 0 aliphatic heterocycles. The molecule has 2 aromatic rings. The van der Waals surface area contributed by atoms with Crippen LogP contribution in [0.3, 0.4) is 0 Å². The minimum Gasteiger partial charge on any atom is -0.507 e. The molecule has 2 rings (SSSR count). The predicted octanol–water partition coefficient (Wildman–Crippen LogP) is 3.58. The first-order chi connectivity index (χ1) is 8.99. The standard InChI is InChI=1S/C13H8ClF2NO2/c14-8-6-7(4-5-9(8)15)17-13(19)12-10(16)2-1-3-11(12)18/h1-6,18H,(H,17,19). The molecule has 0 bridgehead atoms. The lowest BCUT2D eigenvalue weighted by Gasteiger charge is -2.08. The number of amides is 1. The molecule has 1 amide bonds. The molecule has 0 spiro atoms. The number of aromatic hydroxyl groups is 1. The summed E-state index contributed by atoms with van der Waals surface area (Å²) in [7, 11) is 0. The number of carbonyl (C=O) groups excluding carboxylic acids is 1. The minimum absolute atomic E-state index is 0.171. The highest BCUT2D eigenvalue weighted by Crippen LogP contribution is 2.23. The van der Waals surface area contributed by atoms with E-state index in [-0.39, 0.29) is 10.7 Å². The topological polar surface area (TPSA) is 49.3 Å². The van der Waals surface area contributed by atoms with Gasteiger partial charge in [0.05, 0.1) is 5.02 Å². The SMILES string of the molecule is O=C(Nc1ccc(F)c(Cl)c1)c1c(O)cccc1F. The van der Waals surface area contributed by atoms with Gasteiger partial charge in [0.1, 0.15) is 22.9 Å². The highest BCUT2D eigenvalue weighted by molar-refractivity contribution is 6.31. The molecule has 0 radical (unpaired) electrons. The van der Waals surface area contributed by atoms with Crippen molar-refractivity contribution in [3.63, 3.8) is 0 Å². The molecule has 2 N–H and O–H groups in total. The summed E-state index contributed by atoms with van der Waals surface area (Å²) in [5.74, 6) is -2.82. The summed E-state index contributed by atoms with van der Waals surface area (Å²) >= 11 is 5.56. The fourth-order valence-corrected chi connectivity index (χ4v) is 1.69. The first kappa shape index (κ1) is 13.3. The van der Waals surface area contributed by atoms with Crippen LogP contribution in [0.15, 0.2) is 36.4 Å². The molecule has 0 saturated heterocycles. The van der Waals surface area contributed by atoms with Crippen molar-refractivity contribution in [3.8, 4) is 5.75 Å². The quantitative estimate of drug-likeness (QED) is 0.885. The number of phenolic OH excluding ortho intramolecular Hbond substituents is 1. The third-order valence-electron chi connectivity index (χ3n) is 2.40.